The molecule has 0 aromatic carbocycles. The first kappa shape index (κ1) is 16.8. The van der Waals surface area contributed by atoms with Crippen LogP contribution in [0, 0.1) is 17.3 Å². The van der Waals surface area contributed by atoms with Gasteiger partial charge in [0.2, 0.25) is 0 Å². The molecular weight excluding hydrogens is 240 g/mol. The van der Waals surface area contributed by atoms with E-state index in [1.54, 1.807) is 0 Å². The molecule has 0 aromatic rings. The highest BCUT2D eigenvalue weighted by Gasteiger charge is 2.23. The van der Waals surface area contributed by atoms with Gasteiger partial charge in [0.05, 0.1) is 0 Å². The summed E-state index contributed by atoms with van der Waals surface area (Å²) in [7, 11) is 0. The molecule has 0 amide bonds. The van der Waals surface area contributed by atoms with Crippen LogP contribution in [0.15, 0.2) is 60.3 Å². The van der Waals surface area contributed by atoms with Crippen LogP contribution < -0.4 is 0 Å². The highest BCUT2D eigenvalue weighted by atomic mass is 14.3. The predicted molar refractivity (Wildman–Crippen MR) is 91.7 cm³/mol. The largest absolute Gasteiger partial charge is 0.103 e. The Balaban J connectivity index is 2.67. The molecule has 1 aliphatic carbocycles. The molecule has 2 unspecified atom stereocenters. The summed E-state index contributed by atoms with van der Waals surface area (Å²) in [6.07, 6.45) is 18.0. The van der Waals surface area contributed by atoms with Crippen LogP contribution in [0.5, 0.6) is 0 Å². The maximum Gasteiger partial charge on any atom is -0.00665 e. The van der Waals surface area contributed by atoms with E-state index < -0.39 is 0 Å². The number of hydrogen-bond donors (Lipinski definition) is 0. The predicted octanol–water partition coefficient (Wildman–Crippen LogP) is 6.25. The minimum atomic E-state index is 0.260. The van der Waals surface area contributed by atoms with Crippen LogP contribution in [0.25, 0.3) is 0 Å². The van der Waals surface area contributed by atoms with Gasteiger partial charge in [0.25, 0.3) is 0 Å². The zero-order valence-electron chi connectivity index (χ0n) is 13.8. The van der Waals surface area contributed by atoms with Crippen LogP contribution >= 0.6 is 0 Å². The Hall–Kier alpha value is -1.30. The summed E-state index contributed by atoms with van der Waals surface area (Å²) in [5, 5.41) is 0. The summed E-state index contributed by atoms with van der Waals surface area (Å²) >= 11 is 0. The minimum Gasteiger partial charge on any atom is -0.103 e. The quantitative estimate of drug-likeness (QED) is 0.500. The van der Waals surface area contributed by atoms with Gasteiger partial charge in [-0.05, 0) is 48.2 Å². The standard InChI is InChI=1S/C20H30/c1-7-16(2)10-8-11-17(3)13-14-19-18(4)12-9-15-20(19,5)6/h7-9,11-14,16-17H,1,10,15H2,2-6H3/b11-8+,14-13+. The third-order valence-electron chi connectivity index (χ3n) is 4.07. The lowest BCUT2D eigenvalue weighted by molar-refractivity contribution is 0.455. The fraction of sp³-hybridized carbons (Fsp3) is 0.500. The zero-order chi connectivity index (χ0) is 15.2. The first-order chi connectivity index (χ1) is 9.36. The van der Waals surface area contributed by atoms with E-state index in [0.29, 0.717) is 11.8 Å². The molecule has 0 saturated heterocycles. The summed E-state index contributed by atoms with van der Waals surface area (Å²) < 4.78 is 0. The van der Waals surface area contributed by atoms with Gasteiger partial charge >= 0.3 is 0 Å². The van der Waals surface area contributed by atoms with Gasteiger partial charge in [0.1, 0.15) is 0 Å². The first-order valence-corrected chi connectivity index (χ1v) is 7.72. The summed E-state index contributed by atoms with van der Waals surface area (Å²) in [6.45, 7) is 15.1. The summed E-state index contributed by atoms with van der Waals surface area (Å²) in [5.41, 5.74) is 3.13. The average molecular weight is 270 g/mol. The Bertz CT molecular complexity index is 441. The SMILES string of the molecule is C=CC(C)C/C=C/C(C)/C=C/C1=C(C)C=CCC1(C)C. The lowest BCUT2D eigenvalue weighted by Crippen LogP contribution is -2.16. The van der Waals surface area contributed by atoms with Crippen molar-refractivity contribution in [1.82, 2.24) is 0 Å². The second kappa shape index (κ2) is 7.47. The van der Waals surface area contributed by atoms with E-state index in [9.17, 15) is 0 Å². The van der Waals surface area contributed by atoms with Crippen molar-refractivity contribution in [3.8, 4) is 0 Å². The van der Waals surface area contributed by atoms with Crippen molar-refractivity contribution >= 4 is 0 Å². The number of hydrogen-bond acceptors (Lipinski definition) is 0. The van der Waals surface area contributed by atoms with Gasteiger partial charge in [-0.25, -0.2) is 0 Å². The third-order valence-corrected chi connectivity index (χ3v) is 4.07. The van der Waals surface area contributed by atoms with Crippen molar-refractivity contribution in [2.75, 3.05) is 0 Å². The highest BCUT2D eigenvalue weighted by Crippen LogP contribution is 2.37. The van der Waals surface area contributed by atoms with E-state index in [0.717, 1.165) is 12.8 Å². The smallest absolute Gasteiger partial charge is 0.00665 e. The lowest BCUT2D eigenvalue weighted by Gasteiger charge is -2.29. The topological polar surface area (TPSA) is 0 Å². The minimum absolute atomic E-state index is 0.260. The molecule has 0 nitrogen and oxygen atoms in total. The van der Waals surface area contributed by atoms with Crippen molar-refractivity contribution in [1.29, 1.82) is 0 Å². The Morgan fingerprint density at radius 2 is 2.00 bits per heavy atom. The van der Waals surface area contributed by atoms with Gasteiger partial charge < -0.3 is 0 Å². The van der Waals surface area contributed by atoms with Crippen molar-refractivity contribution in [3.05, 3.63) is 60.3 Å². The number of allylic oxidation sites excluding steroid dienone is 9. The normalized spacial score (nSPS) is 21.6. The van der Waals surface area contributed by atoms with Crippen molar-refractivity contribution in [2.45, 2.75) is 47.5 Å². The zero-order valence-corrected chi connectivity index (χ0v) is 13.8. The molecule has 20 heavy (non-hydrogen) atoms. The van der Waals surface area contributed by atoms with Gasteiger partial charge in [0, 0.05) is 0 Å². The fourth-order valence-electron chi connectivity index (χ4n) is 2.54. The third kappa shape index (κ3) is 5.00. The van der Waals surface area contributed by atoms with E-state index in [1.165, 1.54) is 11.1 Å². The van der Waals surface area contributed by atoms with Gasteiger partial charge in [-0.1, -0.05) is 70.2 Å². The summed E-state index contributed by atoms with van der Waals surface area (Å²) in [4.78, 5) is 0. The van der Waals surface area contributed by atoms with Crippen LogP contribution in [0.2, 0.25) is 0 Å². The fourth-order valence-corrected chi connectivity index (χ4v) is 2.54. The second-order valence-electron chi connectivity index (χ2n) is 6.68. The maximum atomic E-state index is 3.82. The monoisotopic (exact) mass is 270 g/mol. The van der Waals surface area contributed by atoms with Crippen LogP contribution in [0.4, 0.5) is 0 Å². The van der Waals surface area contributed by atoms with E-state index in [2.05, 4.69) is 77.7 Å². The molecule has 0 N–H and O–H groups in total. The molecular formula is C20H30. The van der Waals surface area contributed by atoms with Gasteiger partial charge in [-0.2, -0.15) is 0 Å². The van der Waals surface area contributed by atoms with Crippen LogP contribution in [0.3, 0.4) is 0 Å². The van der Waals surface area contributed by atoms with Gasteiger partial charge in [0.15, 0.2) is 0 Å². The van der Waals surface area contributed by atoms with Crippen LogP contribution in [-0.4, -0.2) is 0 Å². The average Bonchev–Trinajstić information content (AvgIpc) is 2.37. The second-order valence-corrected chi connectivity index (χ2v) is 6.68. The first-order valence-electron chi connectivity index (χ1n) is 7.72. The Kier molecular flexibility index (Phi) is 6.26. The molecule has 0 fully saturated rings. The summed E-state index contributed by atoms with van der Waals surface area (Å²) in [5.74, 6) is 1.05. The summed E-state index contributed by atoms with van der Waals surface area (Å²) in [6, 6.07) is 0. The molecule has 1 aliphatic rings. The number of rotatable bonds is 6. The Morgan fingerprint density at radius 1 is 1.30 bits per heavy atom. The van der Waals surface area contributed by atoms with E-state index in [-0.39, 0.29) is 5.41 Å². The van der Waals surface area contributed by atoms with Gasteiger partial charge in [-0.3, -0.25) is 0 Å². The molecule has 0 radical (unpaired) electrons. The highest BCUT2D eigenvalue weighted by molar-refractivity contribution is 5.40. The van der Waals surface area contributed by atoms with E-state index in [4.69, 9.17) is 0 Å². The molecule has 0 saturated carbocycles. The van der Waals surface area contributed by atoms with Crippen molar-refractivity contribution in [3.63, 3.8) is 0 Å². The molecule has 2 atom stereocenters. The van der Waals surface area contributed by atoms with Crippen LogP contribution in [0.1, 0.15) is 47.5 Å². The van der Waals surface area contributed by atoms with Crippen molar-refractivity contribution < 1.29 is 0 Å². The van der Waals surface area contributed by atoms with E-state index in [1.807, 2.05) is 6.08 Å². The Morgan fingerprint density at radius 3 is 2.60 bits per heavy atom. The lowest BCUT2D eigenvalue weighted by atomic mass is 9.75. The molecule has 0 aromatic heterocycles. The van der Waals surface area contributed by atoms with E-state index >= 15 is 0 Å². The van der Waals surface area contributed by atoms with Crippen LogP contribution in [-0.2, 0) is 0 Å². The molecule has 0 spiro atoms. The van der Waals surface area contributed by atoms with Crippen molar-refractivity contribution in [2.24, 2.45) is 17.3 Å². The molecule has 1 rings (SSSR count). The molecule has 110 valence electrons. The molecule has 0 heteroatoms. The maximum absolute atomic E-state index is 3.82. The van der Waals surface area contributed by atoms with Gasteiger partial charge in [-0.15, -0.1) is 6.58 Å². The molecule has 0 heterocycles. The molecule has 0 aliphatic heterocycles. The molecule has 0 bridgehead atoms. The Labute approximate surface area is 125 Å².